The maximum absolute atomic E-state index is 12.4. The first-order valence-electron chi connectivity index (χ1n) is 12.7. The molecule has 4 aliphatic rings. The Kier molecular flexibility index (Phi) is 5.49. The van der Waals surface area contributed by atoms with Crippen molar-refractivity contribution in [2.45, 2.75) is 89.9 Å². The first-order chi connectivity index (χ1) is 15.4. The summed E-state index contributed by atoms with van der Waals surface area (Å²) in [5.41, 5.74) is 3.62. The summed E-state index contributed by atoms with van der Waals surface area (Å²) in [6.07, 6.45) is 11.0. The summed E-state index contributed by atoms with van der Waals surface area (Å²) in [5, 5.41) is 0. The van der Waals surface area contributed by atoms with Crippen LogP contribution in [0.4, 0.5) is 0 Å². The molecule has 0 spiro atoms. The van der Waals surface area contributed by atoms with Crippen LogP contribution in [0.3, 0.4) is 0 Å². The number of fused-ring (bicyclic) bond motifs is 5. The average molecular weight is 471 g/mol. The molecule has 3 saturated carbocycles. The Morgan fingerprint density at radius 1 is 1.06 bits per heavy atom. The smallest absolute Gasteiger partial charge is 0.294 e. The summed E-state index contributed by atoms with van der Waals surface area (Å²) in [6.45, 7) is 8.60. The zero-order chi connectivity index (χ0) is 23.8. The van der Waals surface area contributed by atoms with Gasteiger partial charge in [0.05, 0.1) is 4.90 Å². The molecule has 0 radical (unpaired) electrons. The first-order valence-corrected chi connectivity index (χ1v) is 14.2. The van der Waals surface area contributed by atoms with Gasteiger partial charge in [0.1, 0.15) is 5.78 Å². The standard InChI is InChI=1S/C28H38O4S/c1-17-5-10-26(33(30,31)32)22(15-17)19-11-13-27(3)20(16-19)6-7-21-24-9-8-23(18(2)29)28(24,4)14-12-25(21)27/h5-6,10,15,19,21,23-25H,7-9,11-14,16H2,1-4H3,(H,30,31,32)/t19-,21?,23+,24?,25?,27-,28+/m0/s1. The number of carbonyl (C=O) groups excluding carboxylic acids is 1. The molecule has 4 nitrogen and oxygen atoms in total. The molecule has 5 heteroatoms. The van der Waals surface area contributed by atoms with Gasteiger partial charge < -0.3 is 0 Å². The molecule has 0 aromatic heterocycles. The molecule has 5 rings (SSSR count). The monoisotopic (exact) mass is 470 g/mol. The predicted molar refractivity (Wildman–Crippen MR) is 130 cm³/mol. The maximum atomic E-state index is 12.4. The van der Waals surface area contributed by atoms with Crippen molar-refractivity contribution in [1.82, 2.24) is 0 Å². The number of aryl methyl sites for hydroxylation is 1. The number of ketones is 1. The Bertz CT molecular complexity index is 1120. The second-order valence-electron chi connectivity index (χ2n) is 12.0. The van der Waals surface area contributed by atoms with Crippen molar-refractivity contribution >= 4 is 15.9 Å². The zero-order valence-electron chi connectivity index (χ0n) is 20.4. The van der Waals surface area contributed by atoms with Gasteiger partial charge in [-0.2, -0.15) is 8.42 Å². The molecule has 0 aliphatic heterocycles. The van der Waals surface area contributed by atoms with E-state index in [1.807, 2.05) is 13.0 Å². The highest BCUT2D eigenvalue weighted by Crippen LogP contribution is 2.67. The van der Waals surface area contributed by atoms with Crippen molar-refractivity contribution in [1.29, 1.82) is 0 Å². The van der Waals surface area contributed by atoms with E-state index in [1.165, 1.54) is 18.4 Å². The molecule has 7 atom stereocenters. The summed E-state index contributed by atoms with van der Waals surface area (Å²) in [6, 6.07) is 5.28. The summed E-state index contributed by atoms with van der Waals surface area (Å²) in [4.78, 5) is 12.5. The molecule has 3 unspecified atom stereocenters. The van der Waals surface area contributed by atoms with Crippen molar-refractivity contribution in [3.8, 4) is 0 Å². The van der Waals surface area contributed by atoms with E-state index in [-0.39, 0.29) is 27.6 Å². The Balaban J connectivity index is 1.45. The van der Waals surface area contributed by atoms with Gasteiger partial charge in [0, 0.05) is 5.92 Å². The fourth-order valence-electron chi connectivity index (χ4n) is 8.82. The molecule has 1 aromatic carbocycles. The summed E-state index contributed by atoms with van der Waals surface area (Å²) in [7, 11) is -4.24. The highest BCUT2D eigenvalue weighted by atomic mass is 32.2. The third-order valence-electron chi connectivity index (χ3n) is 10.5. The van der Waals surface area contributed by atoms with Gasteiger partial charge in [-0.05, 0) is 111 Å². The van der Waals surface area contributed by atoms with Gasteiger partial charge in [-0.1, -0.05) is 43.2 Å². The highest BCUT2D eigenvalue weighted by molar-refractivity contribution is 7.85. The zero-order valence-corrected chi connectivity index (χ0v) is 21.2. The van der Waals surface area contributed by atoms with E-state index in [2.05, 4.69) is 19.9 Å². The molecule has 0 saturated heterocycles. The molecular formula is C28H38O4S. The summed E-state index contributed by atoms with van der Waals surface area (Å²) >= 11 is 0. The highest BCUT2D eigenvalue weighted by Gasteiger charge is 2.59. The second-order valence-corrected chi connectivity index (χ2v) is 13.4. The van der Waals surface area contributed by atoms with E-state index in [4.69, 9.17) is 0 Å². The SMILES string of the molecule is CC(=O)[C@H]1CCC2C3CC=C4C[C@@H](c5cc(C)ccc5S(=O)(=O)O)CC[C@]4(C)C3CC[C@@]21C. The third-order valence-corrected chi connectivity index (χ3v) is 11.4. The van der Waals surface area contributed by atoms with E-state index in [0.717, 1.165) is 49.7 Å². The summed E-state index contributed by atoms with van der Waals surface area (Å²) < 4.78 is 34.0. The fourth-order valence-corrected chi connectivity index (χ4v) is 9.58. The second kappa shape index (κ2) is 7.78. The third kappa shape index (κ3) is 3.56. The quantitative estimate of drug-likeness (QED) is 0.405. The van der Waals surface area contributed by atoms with Crippen LogP contribution in [0, 0.1) is 41.4 Å². The van der Waals surface area contributed by atoms with Gasteiger partial charge in [-0.3, -0.25) is 9.35 Å². The maximum Gasteiger partial charge on any atom is 0.294 e. The van der Waals surface area contributed by atoms with E-state index in [0.29, 0.717) is 23.5 Å². The molecule has 4 aliphatic carbocycles. The minimum Gasteiger partial charge on any atom is -0.300 e. The number of rotatable bonds is 3. The predicted octanol–water partition coefficient (Wildman–Crippen LogP) is 6.49. The Hall–Kier alpha value is -1.46. The summed E-state index contributed by atoms with van der Waals surface area (Å²) in [5.74, 6) is 2.69. The lowest BCUT2D eigenvalue weighted by Crippen LogP contribution is -2.50. The lowest BCUT2D eigenvalue weighted by molar-refractivity contribution is -0.127. The Morgan fingerprint density at radius 2 is 1.82 bits per heavy atom. The molecule has 33 heavy (non-hydrogen) atoms. The number of allylic oxidation sites excluding steroid dienone is 2. The van der Waals surface area contributed by atoms with Crippen LogP contribution in [0.5, 0.6) is 0 Å². The molecule has 180 valence electrons. The van der Waals surface area contributed by atoms with Crippen LogP contribution < -0.4 is 0 Å². The van der Waals surface area contributed by atoms with Crippen LogP contribution in [0.15, 0.2) is 34.7 Å². The largest absolute Gasteiger partial charge is 0.300 e. The van der Waals surface area contributed by atoms with Gasteiger partial charge in [0.25, 0.3) is 10.1 Å². The minimum absolute atomic E-state index is 0.0747. The topological polar surface area (TPSA) is 71.4 Å². The fraction of sp³-hybridized carbons (Fsp3) is 0.679. The molecule has 1 aromatic rings. The van der Waals surface area contributed by atoms with Crippen molar-refractivity contribution in [2.75, 3.05) is 0 Å². The van der Waals surface area contributed by atoms with Gasteiger partial charge in [0.15, 0.2) is 0 Å². The van der Waals surface area contributed by atoms with Crippen molar-refractivity contribution in [2.24, 2.45) is 34.5 Å². The van der Waals surface area contributed by atoms with Gasteiger partial charge in [0.2, 0.25) is 0 Å². The molecule has 3 fully saturated rings. The Morgan fingerprint density at radius 3 is 2.52 bits per heavy atom. The van der Waals surface area contributed by atoms with Crippen LogP contribution in [-0.2, 0) is 14.9 Å². The number of benzene rings is 1. The van der Waals surface area contributed by atoms with E-state index in [9.17, 15) is 17.8 Å². The van der Waals surface area contributed by atoms with Crippen LogP contribution in [0.25, 0.3) is 0 Å². The van der Waals surface area contributed by atoms with Crippen LogP contribution in [0.1, 0.15) is 89.2 Å². The van der Waals surface area contributed by atoms with E-state index >= 15 is 0 Å². The van der Waals surface area contributed by atoms with Gasteiger partial charge >= 0.3 is 0 Å². The molecule has 1 N–H and O–H groups in total. The van der Waals surface area contributed by atoms with Crippen molar-refractivity contribution in [3.05, 3.63) is 41.0 Å². The molecule has 0 bridgehead atoms. The lowest BCUT2D eigenvalue weighted by Gasteiger charge is -2.58. The van der Waals surface area contributed by atoms with Crippen LogP contribution in [0.2, 0.25) is 0 Å². The molecule has 0 amide bonds. The number of Topliss-reactive ketones (excluding diaryl/α,β-unsaturated/α-hetero) is 1. The van der Waals surface area contributed by atoms with Crippen molar-refractivity contribution in [3.63, 3.8) is 0 Å². The van der Waals surface area contributed by atoms with Gasteiger partial charge in [-0.25, -0.2) is 0 Å². The van der Waals surface area contributed by atoms with E-state index < -0.39 is 10.1 Å². The van der Waals surface area contributed by atoms with Crippen LogP contribution in [-0.4, -0.2) is 18.8 Å². The molecular weight excluding hydrogens is 432 g/mol. The Labute approximate surface area is 199 Å². The normalized spacial score (nSPS) is 40.4. The minimum atomic E-state index is -4.24. The van der Waals surface area contributed by atoms with Crippen molar-refractivity contribution < 1.29 is 17.8 Å². The van der Waals surface area contributed by atoms with Crippen LogP contribution >= 0.6 is 0 Å². The number of carbonyl (C=O) groups is 1. The number of hydrogen-bond acceptors (Lipinski definition) is 3. The molecule has 0 heterocycles. The average Bonchev–Trinajstić information content (AvgIpc) is 3.09. The number of hydrogen-bond donors (Lipinski definition) is 1. The first kappa shape index (κ1) is 23.3. The van der Waals surface area contributed by atoms with E-state index in [1.54, 1.807) is 19.1 Å². The van der Waals surface area contributed by atoms with Gasteiger partial charge in [-0.15, -0.1) is 0 Å². The lowest BCUT2D eigenvalue weighted by atomic mass is 9.46.